The summed E-state index contributed by atoms with van der Waals surface area (Å²) in [6.45, 7) is 11.1. The highest BCUT2D eigenvalue weighted by Crippen LogP contribution is 2.33. The topological polar surface area (TPSA) is 103 Å². The Morgan fingerprint density at radius 2 is 1.88 bits per heavy atom. The van der Waals surface area contributed by atoms with E-state index >= 15 is 0 Å². The number of thiazole rings is 1. The van der Waals surface area contributed by atoms with Gasteiger partial charge in [-0.3, -0.25) is 0 Å². The van der Waals surface area contributed by atoms with E-state index in [2.05, 4.69) is 40.0 Å². The number of nitrogens with zero attached hydrogens (tertiary/aromatic N) is 3. The molecule has 0 aliphatic carbocycles. The van der Waals surface area contributed by atoms with Gasteiger partial charge >= 0.3 is 6.09 Å². The van der Waals surface area contributed by atoms with Gasteiger partial charge in [-0.2, -0.15) is 0 Å². The van der Waals surface area contributed by atoms with Crippen molar-refractivity contribution in [2.75, 3.05) is 7.11 Å². The van der Waals surface area contributed by atoms with Gasteiger partial charge < -0.3 is 9.30 Å². The van der Waals surface area contributed by atoms with Gasteiger partial charge in [0.2, 0.25) is 0 Å². The molecule has 3 rings (SSSR count). The minimum Gasteiger partial charge on any atom is -0.452 e. The summed E-state index contributed by atoms with van der Waals surface area (Å²) in [5, 5.41) is 0.697. The lowest BCUT2D eigenvalue weighted by molar-refractivity contribution is 0.177. The third-order valence-corrected chi connectivity index (χ3v) is 7.73. The molecular formula is C23H30N4O4S2. The Labute approximate surface area is 199 Å². The molecule has 0 saturated carbocycles. The van der Waals surface area contributed by atoms with Crippen molar-refractivity contribution in [3.63, 3.8) is 0 Å². The van der Waals surface area contributed by atoms with Crippen molar-refractivity contribution in [2.45, 2.75) is 57.2 Å². The van der Waals surface area contributed by atoms with E-state index in [0.29, 0.717) is 35.1 Å². The van der Waals surface area contributed by atoms with Crippen LogP contribution in [0.5, 0.6) is 0 Å². The van der Waals surface area contributed by atoms with E-state index in [9.17, 15) is 13.2 Å². The van der Waals surface area contributed by atoms with E-state index in [1.165, 1.54) is 0 Å². The Morgan fingerprint density at radius 3 is 2.45 bits per heavy atom. The average molecular weight is 491 g/mol. The Bertz CT molecular complexity index is 1220. The largest absolute Gasteiger partial charge is 0.452 e. The number of aromatic nitrogens is 3. The molecule has 0 aliphatic heterocycles. The number of nitrogens with one attached hydrogen (secondary N) is 1. The molecular weight excluding hydrogens is 460 g/mol. The first-order valence-corrected chi connectivity index (χ1v) is 12.9. The van der Waals surface area contributed by atoms with Crippen molar-refractivity contribution in [2.24, 2.45) is 5.92 Å². The molecule has 8 nitrogen and oxygen atoms in total. The van der Waals surface area contributed by atoms with E-state index in [1.807, 2.05) is 49.0 Å². The summed E-state index contributed by atoms with van der Waals surface area (Å²) in [6, 6.07) is 7.61. The van der Waals surface area contributed by atoms with Crippen LogP contribution in [0.1, 0.15) is 51.0 Å². The predicted molar refractivity (Wildman–Crippen MR) is 129 cm³/mol. The number of imidazole rings is 1. The van der Waals surface area contributed by atoms with Gasteiger partial charge in [0, 0.05) is 36.3 Å². The van der Waals surface area contributed by atoms with Crippen LogP contribution in [0.3, 0.4) is 0 Å². The number of amides is 1. The second kappa shape index (κ2) is 9.64. The molecule has 10 heteroatoms. The predicted octanol–water partition coefficient (Wildman–Crippen LogP) is 4.60. The van der Waals surface area contributed by atoms with E-state index in [1.54, 1.807) is 6.20 Å². The monoisotopic (exact) mass is 490 g/mol. The fourth-order valence-corrected chi connectivity index (χ4v) is 6.09. The van der Waals surface area contributed by atoms with E-state index < -0.39 is 16.1 Å². The summed E-state index contributed by atoms with van der Waals surface area (Å²) in [6.07, 6.45) is 3.35. The van der Waals surface area contributed by atoms with Gasteiger partial charge in [-0.05, 0) is 11.5 Å². The Hall–Kier alpha value is -2.72. The minimum atomic E-state index is -4.12. The second-order valence-corrected chi connectivity index (χ2v) is 12.2. The molecule has 1 amide bonds. The number of rotatable bonds is 7. The summed E-state index contributed by atoms with van der Waals surface area (Å²) >= 11 is 1.07. The maximum atomic E-state index is 12.9. The fourth-order valence-electron chi connectivity index (χ4n) is 3.39. The molecule has 0 radical (unpaired) electrons. The molecule has 0 aliphatic rings. The van der Waals surface area contributed by atoms with Gasteiger partial charge in [-0.25, -0.2) is 27.9 Å². The average Bonchev–Trinajstić information content (AvgIpc) is 3.35. The van der Waals surface area contributed by atoms with Crippen LogP contribution in [-0.4, -0.2) is 36.2 Å². The molecule has 0 atom stereocenters. The lowest BCUT2D eigenvalue weighted by atomic mass is 9.95. The number of methoxy groups -OCH3 is 1. The Balaban J connectivity index is 1.95. The van der Waals surface area contributed by atoms with Crippen LogP contribution in [-0.2, 0) is 33.1 Å². The molecule has 3 aromatic rings. The van der Waals surface area contributed by atoms with Crippen molar-refractivity contribution in [3.05, 3.63) is 53.1 Å². The maximum Gasteiger partial charge on any atom is 0.420 e. The summed E-state index contributed by atoms with van der Waals surface area (Å²) in [7, 11) is -3.00. The van der Waals surface area contributed by atoms with Crippen LogP contribution < -0.4 is 4.72 Å². The lowest BCUT2D eigenvalue weighted by Crippen LogP contribution is -2.30. The van der Waals surface area contributed by atoms with Gasteiger partial charge in [0.1, 0.15) is 11.5 Å². The van der Waals surface area contributed by atoms with Crippen molar-refractivity contribution in [3.8, 4) is 11.3 Å². The van der Waals surface area contributed by atoms with Crippen molar-refractivity contribution in [1.29, 1.82) is 0 Å². The zero-order valence-corrected chi connectivity index (χ0v) is 21.4. The molecule has 0 fully saturated rings. The zero-order chi connectivity index (χ0) is 24.4. The number of ether oxygens (including phenoxy) is 1. The van der Waals surface area contributed by atoms with Gasteiger partial charge in [0.25, 0.3) is 10.0 Å². The molecule has 33 heavy (non-hydrogen) atoms. The Kier molecular flexibility index (Phi) is 7.28. The first kappa shape index (κ1) is 24.9. The zero-order valence-electron chi connectivity index (χ0n) is 19.7. The SMILES string of the molecule is COC(=O)NS(=O)(=O)c1sc(CC(C)C)nc1-c1ccc(Cn2ccnc2C(C)(C)C)cc1. The van der Waals surface area contributed by atoms with Gasteiger partial charge in [0.15, 0.2) is 4.21 Å². The highest BCUT2D eigenvalue weighted by molar-refractivity contribution is 7.92. The van der Waals surface area contributed by atoms with Crippen LogP contribution >= 0.6 is 11.3 Å². The van der Waals surface area contributed by atoms with Crippen LogP contribution in [0.2, 0.25) is 0 Å². The third-order valence-electron chi connectivity index (χ3n) is 4.84. The van der Waals surface area contributed by atoms with Crippen molar-refractivity contribution in [1.82, 2.24) is 19.3 Å². The van der Waals surface area contributed by atoms with Crippen LogP contribution in [0.4, 0.5) is 4.79 Å². The number of carbonyl (C=O) groups excluding carboxylic acids is 1. The van der Waals surface area contributed by atoms with E-state index in [0.717, 1.165) is 29.8 Å². The first-order valence-electron chi connectivity index (χ1n) is 10.6. The summed E-state index contributed by atoms with van der Waals surface area (Å²) in [5.74, 6) is 1.30. The number of sulfonamides is 1. The van der Waals surface area contributed by atoms with Gasteiger partial charge in [-0.15, -0.1) is 11.3 Å². The first-order chi connectivity index (χ1) is 15.4. The molecule has 0 spiro atoms. The quantitative estimate of drug-likeness (QED) is 0.519. The molecule has 2 aromatic heterocycles. The summed E-state index contributed by atoms with van der Waals surface area (Å²) in [5.41, 5.74) is 1.97. The minimum absolute atomic E-state index is 0.000860. The van der Waals surface area contributed by atoms with Crippen molar-refractivity contribution < 1.29 is 17.9 Å². The number of hydrogen-bond donors (Lipinski definition) is 1. The van der Waals surface area contributed by atoms with E-state index in [4.69, 9.17) is 0 Å². The molecule has 178 valence electrons. The smallest absolute Gasteiger partial charge is 0.420 e. The van der Waals surface area contributed by atoms with Crippen LogP contribution in [0.15, 0.2) is 40.9 Å². The lowest BCUT2D eigenvalue weighted by Gasteiger charge is -2.19. The molecule has 1 N–H and O–H groups in total. The fraction of sp³-hybridized carbons (Fsp3) is 0.435. The second-order valence-electron chi connectivity index (χ2n) is 9.26. The molecule has 0 saturated heterocycles. The Morgan fingerprint density at radius 1 is 1.21 bits per heavy atom. The van der Waals surface area contributed by atoms with E-state index in [-0.39, 0.29) is 9.62 Å². The number of benzene rings is 1. The van der Waals surface area contributed by atoms with Crippen LogP contribution in [0.25, 0.3) is 11.3 Å². The molecule has 0 unspecified atom stereocenters. The van der Waals surface area contributed by atoms with Gasteiger partial charge in [-0.1, -0.05) is 58.9 Å². The highest BCUT2D eigenvalue weighted by Gasteiger charge is 2.27. The number of hydrogen-bond acceptors (Lipinski definition) is 7. The van der Waals surface area contributed by atoms with Crippen molar-refractivity contribution >= 4 is 27.5 Å². The molecule has 2 heterocycles. The van der Waals surface area contributed by atoms with Gasteiger partial charge in [0.05, 0.1) is 12.1 Å². The normalized spacial score (nSPS) is 12.2. The molecule has 1 aromatic carbocycles. The summed E-state index contributed by atoms with van der Waals surface area (Å²) < 4.78 is 34.2. The number of carbonyl (C=O) groups is 1. The third kappa shape index (κ3) is 6.00. The summed E-state index contributed by atoms with van der Waals surface area (Å²) in [4.78, 5) is 20.7. The highest BCUT2D eigenvalue weighted by atomic mass is 32.2. The maximum absolute atomic E-state index is 12.9. The molecule has 0 bridgehead atoms. The standard InChI is InChI=1S/C23H30N4O4S2/c1-15(2)13-18-25-19(20(32-18)33(29,30)26-22(28)31-6)17-9-7-16(8-10-17)14-27-12-11-24-21(27)23(3,4)5/h7-12,15H,13-14H2,1-6H3,(H,26,28). The van der Waals surface area contributed by atoms with Crippen LogP contribution in [0, 0.1) is 5.92 Å².